The second-order valence-electron chi connectivity index (χ2n) is 3.55. The Balaban J connectivity index is 2.29. The van der Waals surface area contributed by atoms with Crippen molar-refractivity contribution >= 4 is 11.5 Å². The monoisotopic (exact) mass is 232 g/mol. The minimum absolute atomic E-state index is 0.551. The van der Waals surface area contributed by atoms with Gasteiger partial charge in [0.15, 0.2) is 0 Å². The van der Waals surface area contributed by atoms with E-state index in [1.165, 1.54) is 0 Å². The van der Waals surface area contributed by atoms with Gasteiger partial charge in [-0.1, -0.05) is 6.08 Å². The van der Waals surface area contributed by atoms with Crippen molar-refractivity contribution in [2.24, 2.45) is 0 Å². The highest BCUT2D eigenvalue weighted by Crippen LogP contribution is 2.18. The first-order valence-corrected chi connectivity index (χ1v) is 5.66. The molecular formula is C12H16N4O. The smallest absolute Gasteiger partial charge is 0.260 e. The van der Waals surface area contributed by atoms with Crippen molar-refractivity contribution < 1.29 is 4.74 Å². The lowest BCUT2D eigenvalue weighted by Gasteiger charge is -2.08. The van der Waals surface area contributed by atoms with E-state index in [1.54, 1.807) is 6.20 Å². The van der Waals surface area contributed by atoms with E-state index in [4.69, 9.17) is 4.74 Å². The lowest BCUT2D eigenvalue weighted by molar-refractivity contribution is 0.315. The first kappa shape index (κ1) is 11.4. The van der Waals surface area contributed by atoms with Gasteiger partial charge in [-0.25, -0.2) is 4.98 Å². The summed E-state index contributed by atoms with van der Waals surface area (Å²) in [5.41, 5.74) is 0.732. The van der Waals surface area contributed by atoms with Crippen molar-refractivity contribution in [3.63, 3.8) is 0 Å². The summed E-state index contributed by atoms with van der Waals surface area (Å²) < 4.78 is 7.50. The van der Waals surface area contributed by atoms with Crippen LogP contribution in [0.4, 0.5) is 5.82 Å². The lowest BCUT2D eigenvalue weighted by atomic mass is 10.4. The summed E-state index contributed by atoms with van der Waals surface area (Å²) in [6.07, 6.45) is 8.11. The molecule has 0 aliphatic rings. The van der Waals surface area contributed by atoms with Crippen LogP contribution in [0.15, 0.2) is 31.2 Å². The van der Waals surface area contributed by atoms with Crippen LogP contribution in [-0.2, 0) is 0 Å². The SMILES string of the molecule is C=CCCOc1nc(NCC)cn2ccnc12. The number of hydrogen-bond acceptors (Lipinski definition) is 4. The van der Waals surface area contributed by atoms with Gasteiger partial charge in [0.05, 0.1) is 12.8 Å². The summed E-state index contributed by atoms with van der Waals surface area (Å²) in [5, 5.41) is 3.16. The summed E-state index contributed by atoms with van der Waals surface area (Å²) in [5.74, 6) is 1.34. The topological polar surface area (TPSA) is 51.5 Å². The van der Waals surface area contributed by atoms with Crippen molar-refractivity contribution in [1.82, 2.24) is 14.4 Å². The maximum atomic E-state index is 5.60. The van der Waals surface area contributed by atoms with Crippen LogP contribution in [0.1, 0.15) is 13.3 Å². The van der Waals surface area contributed by atoms with Crippen LogP contribution in [0.25, 0.3) is 5.65 Å². The van der Waals surface area contributed by atoms with Crippen molar-refractivity contribution in [2.75, 3.05) is 18.5 Å². The van der Waals surface area contributed by atoms with Crippen molar-refractivity contribution in [1.29, 1.82) is 0 Å². The second kappa shape index (κ2) is 5.34. The Bertz CT molecular complexity index is 506. The van der Waals surface area contributed by atoms with E-state index in [0.717, 1.165) is 24.4 Å². The quantitative estimate of drug-likeness (QED) is 0.612. The molecule has 17 heavy (non-hydrogen) atoms. The molecule has 0 saturated carbocycles. The minimum atomic E-state index is 0.551. The summed E-state index contributed by atoms with van der Waals surface area (Å²) in [6, 6.07) is 0. The summed E-state index contributed by atoms with van der Waals surface area (Å²) in [6.45, 7) is 7.07. The van der Waals surface area contributed by atoms with Crippen molar-refractivity contribution in [2.45, 2.75) is 13.3 Å². The van der Waals surface area contributed by atoms with Gasteiger partial charge in [-0.05, 0) is 13.3 Å². The number of rotatable bonds is 6. The highest BCUT2D eigenvalue weighted by molar-refractivity contribution is 5.53. The largest absolute Gasteiger partial charge is 0.475 e. The number of nitrogens with one attached hydrogen (secondary N) is 1. The Kier molecular flexibility index (Phi) is 3.59. The van der Waals surface area contributed by atoms with E-state index in [1.807, 2.05) is 29.8 Å². The normalized spacial score (nSPS) is 10.4. The van der Waals surface area contributed by atoms with E-state index in [2.05, 4.69) is 21.9 Å². The Hall–Kier alpha value is -2.04. The molecule has 0 amide bonds. The maximum Gasteiger partial charge on any atom is 0.260 e. The van der Waals surface area contributed by atoms with Crippen LogP contribution in [0, 0.1) is 0 Å². The standard InChI is InChI=1S/C12H16N4O/c1-3-5-8-17-12-11-14-6-7-16(11)9-10(15-12)13-4-2/h3,6-7,9,13H,1,4-5,8H2,2H3. The molecule has 0 bridgehead atoms. The average molecular weight is 232 g/mol. The molecule has 2 heterocycles. The van der Waals surface area contributed by atoms with Crippen LogP contribution in [-0.4, -0.2) is 27.5 Å². The highest BCUT2D eigenvalue weighted by atomic mass is 16.5. The number of ether oxygens (including phenoxy) is 1. The van der Waals surface area contributed by atoms with Gasteiger partial charge in [0, 0.05) is 18.9 Å². The molecule has 2 aromatic heterocycles. The highest BCUT2D eigenvalue weighted by Gasteiger charge is 2.07. The molecule has 0 fully saturated rings. The zero-order valence-corrected chi connectivity index (χ0v) is 9.89. The van der Waals surface area contributed by atoms with Crippen LogP contribution in [0.3, 0.4) is 0 Å². The molecular weight excluding hydrogens is 216 g/mol. The number of imidazole rings is 1. The number of hydrogen-bond donors (Lipinski definition) is 1. The van der Waals surface area contributed by atoms with Gasteiger partial charge in [0.1, 0.15) is 5.82 Å². The van der Waals surface area contributed by atoms with E-state index in [0.29, 0.717) is 12.5 Å². The fourth-order valence-electron chi connectivity index (χ4n) is 1.50. The molecule has 5 heteroatoms. The molecule has 90 valence electrons. The fraction of sp³-hybridized carbons (Fsp3) is 0.333. The summed E-state index contributed by atoms with van der Waals surface area (Å²) >= 11 is 0. The zero-order valence-electron chi connectivity index (χ0n) is 9.89. The van der Waals surface area contributed by atoms with Crippen LogP contribution in [0.5, 0.6) is 5.88 Å². The maximum absolute atomic E-state index is 5.60. The van der Waals surface area contributed by atoms with E-state index >= 15 is 0 Å². The molecule has 0 saturated heterocycles. The van der Waals surface area contributed by atoms with Gasteiger partial charge in [0.2, 0.25) is 5.65 Å². The first-order valence-electron chi connectivity index (χ1n) is 5.66. The minimum Gasteiger partial charge on any atom is -0.475 e. The molecule has 5 nitrogen and oxygen atoms in total. The van der Waals surface area contributed by atoms with Crippen LogP contribution >= 0.6 is 0 Å². The third kappa shape index (κ3) is 2.55. The van der Waals surface area contributed by atoms with Crippen LogP contribution < -0.4 is 10.1 Å². The lowest BCUT2D eigenvalue weighted by Crippen LogP contribution is -2.05. The van der Waals surface area contributed by atoms with E-state index < -0.39 is 0 Å². The number of fused-ring (bicyclic) bond motifs is 1. The molecule has 0 radical (unpaired) electrons. The van der Waals surface area contributed by atoms with E-state index in [9.17, 15) is 0 Å². The first-order chi connectivity index (χ1) is 8.35. The van der Waals surface area contributed by atoms with Gasteiger partial charge in [0.25, 0.3) is 5.88 Å². The molecule has 1 N–H and O–H groups in total. The molecule has 0 aliphatic carbocycles. The Morgan fingerprint density at radius 1 is 1.59 bits per heavy atom. The molecule has 0 atom stereocenters. The third-order valence-corrected chi connectivity index (χ3v) is 2.26. The van der Waals surface area contributed by atoms with Gasteiger partial charge >= 0.3 is 0 Å². The molecule has 0 spiro atoms. The Labute approximate surface area is 100 Å². The van der Waals surface area contributed by atoms with Gasteiger partial charge < -0.3 is 10.1 Å². The zero-order chi connectivity index (χ0) is 12.1. The summed E-state index contributed by atoms with van der Waals surface area (Å²) in [7, 11) is 0. The van der Waals surface area contributed by atoms with Gasteiger partial charge in [-0.2, -0.15) is 4.98 Å². The average Bonchev–Trinajstić information content (AvgIpc) is 2.78. The fourth-order valence-corrected chi connectivity index (χ4v) is 1.50. The molecule has 0 unspecified atom stereocenters. The van der Waals surface area contributed by atoms with Crippen LogP contribution in [0.2, 0.25) is 0 Å². The predicted molar refractivity (Wildman–Crippen MR) is 67.5 cm³/mol. The number of nitrogens with zero attached hydrogens (tertiary/aromatic N) is 3. The number of aromatic nitrogens is 3. The summed E-state index contributed by atoms with van der Waals surface area (Å²) in [4.78, 5) is 8.60. The third-order valence-electron chi connectivity index (χ3n) is 2.26. The van der Waals surface area contributed by atoms with Gasteiger partial charge in [-0.15, -0.1) is 6.58 Å². The molecule has 0 aromatic carbocycles. The molecule has 2 aromatic rings. The predicted octanol–water partition coefficient (Wildman–Crippen LogP) is 2.12. The van der Waals surface area contributed by atoms with Gasteiger partial charge in [-0.3, -0.25) is 4.40 Å². The number of anilines is 1. The Morgan fingerprint density at radius 2 is 2.47 bits per heavy atom. The Morgan fingerprint density at radius 3 is 3.24 bits per heavy atom. The van der Waals surface area contributed by atoms with Crippen molar-refractivity contribution in [3.8, 4) is 5.88 Å². The van der Waals surface area contributed by atoms with E-state index in [-0.39, 0.29) is 0 Å². The molecule has 0 aliphatic heterocycles. The second-order valence-corrected chi connectivity index (χ2v) is 3.55. The van der Waals surface area contributed by atoms with Crippen molar-refractivity contribution in [3.05, 3.63) is 31.2 Å². The molecule has 2 rings (SSSR count).